The molecule has 0 atom stereocenters. The van der Waals surface area contributed by atoms with Crippen LogP contribution in [0.3, 0.4) is 0 Å². The molecular formula is C23H17F3N6O3. The van der Waals surface area contributed by atoms with E-state index in [0.29, 0.717) is 35.7 Å². The Morgan fingerprint density at radius 1 is 1.09 bits per heavy atom. The van der Waals surface area contributed by atoms with Crippen LogP contribution >= 0.6 is 0 Å². The molecule has 0 aliphatic heterocycles. The Labute approximate surface area is 197 Å². The van der Waals surface area contributed by atoms with E-state index < -0.39 is 6.36 Å². The molecule has 0 unspecified atom stereocenters. The normalized spacial score (nSPS) is 11.3. The Morgan fingerprint density at radius 3 is 2.60 bits per heavy atom. The number of hydrogen-bond acceptors (Lipinski definition) is 8. The van der Waals surface area contributed by atoms with E-state index in [1.54, 1.807) is 41.6 Å². The number of benzene rings is 1. The Kier molecular flexibility index (Phi) is 7.37. The zero-order valence-corrected chi connectivity index (χ0v) is 18.0. The summed E-state index contributed by atoms with van der Waals surface area (Å²) in [6.07, 6.45) is 7.04. The Hall–Kier alpha value is -4.66. The molecule has 0 aliphatic carbocycles. The summed E-state index contributed by atoms with van der Waals surface area (Å²) in [5, 5.41) is 7.59. The highest BCUT2D eigenvalue weighted by Gasteiger charge is 2.30. The van der Waals surface area contributed by atoms with Crippen molar-refractivity contribution in [3.05, 3.63) is 78.0 Å². The van der Waals surface area contributed by atoms with Crippen LogP contribution < -0.4 is 9.47 Å². The first-order chi connectivity index (χ1) is 16.9. The molecule has 178 valence electrons. The smallest absolute Gasteiger partial charge is 0.457 e. The first-order valence-corrected chi connectivity index (χ1v) is 10.2. The summed E-state index contributed by atoms with van der Waals surface area (Å²) in [7, 11) is 0. The minimum Gasteiger partial charge on any atom is -0.457 e. The fourth-order valence-corrected chi connectivity index (χ4v) is 2.69. The second-order valence-corrected chi connectivity index (χ2v) is 6.89. The summed E-state index contributed by atoms with van der Waals surface area (Å²) in [4.78, 5) is 12.5. The van der Waals surface area contributed by atoms with Crippen molar-refractivity contribution in [2.24, 2.45) is 0 Å². The van der Waals surface area contributed by atoms with Crippen LogP contribution in [-0.4, -0.2) is 36.3 Å². The third-order valence-electron chi connectivity index (χ3n) is 4.25. The van der Waals surface area contributed by atoms with Crippen molar-refractivity contribution in [3.8, 4) is 23.6 Å². The summed E-state index contributed by atoms with van der Waals surface area (Å²) in [5.41, 5.74) is 1.81. The van der Waals surface area contributed by atoms with E-state index in [1.807, 2.05) is 0 Å². The summed E-state index contributed by atoms with van der Waals surface area (Å²) < 4.78 is 53.0. The van der Waals surface area contributed by atoms with E-state index in [9.17, 15) is 13.2 Å². The van der Waals surface area contributed by atoms with E-state index >= 15 is 0 Å². The highest BCUT2D eigenvalue weighted by Crippen LogP contribution is 2.23. The first-order valence-electron chi connectivity index (χ1n) is 10.2. The maximum Gasteiger partial charge on any atom is 0.573 e. The van der Waals surface area contributed by atoms with Gasteiger partial charge in [-0.1, -0.05) is 29.2 Å². The van der Waals surface area contributed by atoms with Crippen molar-refractivity contribution in [3.63, 3.8) is 0 Å². The maximum absolute atomic E-state index is 12.2. The quantitative estimate of drug-likeness (QED) is 0.346. The summed E-state index contributed by atoms with van der Waals surface area (Å²) >= 11 is 0. The molecule has 4 aromatic rings. The van der Waals surface area contributed by atoms with E-state index in [0.717, 1.165) is 0 Å². The van der Waals surface area contributed by atoms with Crippen LogP contribution in [0.2, 0.25) is 0 Å². The molecule has 0 amide bonds. The number of aryl methyl sites for hydroxylation is 1. The molecule has 0 spiro atoms. The lowest BCUT2D eigenvalue weighted by Crippen LogP contribution is -2.16. The van der Waals surface area contributed by atoms with E-state index in [-0.39, 0.29) is 18.4 Å². The molecular weight excluding hydrogens is 465 g/mol. The van der Waals surface area contributed by atoms with Crippen LogP contribution in [0.1, 0.15) is 29.1 Å². The number of hydrogen-bond donors (Lipinski definition) is 0. The van der Waals surface area contributed by atoms with Crippen LogP contribution in [0.25, 0.3) is 12.2 Å². The van der Waals surface area contributed by atoms with Crippen LogP contribution in [-0.2, 0) is 13.2 Å². The minimum absolute atomic E-state index is 0.0871. The lowest BCUT2D eigenvalue weighted by molar-refractivity contribution is -0.274. The molecule has 0 N–H and O–H groups in total. The summed E-state index contributed by atoms with van der Waals surface area (Å²) in [6.45, 7) is 0.733. The van der Waals surface area contributed by atoms with E-state index in [4.69, 9.17) is 9.15 Å². The van der Waals surface area contributed by atoms with Gasteiger partial charge in [0.2, 0.25) is 5.89 Å². The summed E-state index contributed by atoms with van der Waals surface area (Å²) in [5.74, 6) is 5.99. The van der Waals surface area contributed by atoms with Gasteiger partial charge >= 0.3 is 12.4 Å². The predicted octanol–water partition coefficient (Wildman–Crippen LogP) is 4.15. The topological polar surface area (TPSA) is 101 Å². The van der Waals surface area contributed by atoms with Gasteiger partial charge in [0.15, 0.2) is 0 Å². The lowest BCUT2D eigenvalue weighted by Gasteiger charge is -2.08. The maximum atomic E-state index is 12.2. The average molecular weight is 482 g/mol. The van der Waals surface area contributed by atoms with E-state index in [1.165, 1.54) is 30.5 Å². The Bertz CT molecular complexity index is 1310. The van der Waals surface area contributed by atoms with Crippen molar-refractivity contribution in [2.75, 3.05) is 0 Å². The Balaban J connectivity index is 1.24. The molecule has 0 bridgehead atoms. The monoisotopic (exact) mass is 482 g/mol. The van der Waals surface area contributed by atoms with Crippen LogP contribution in [0.4, 0.5) is 13.2 Å². The molecule has 0 radical (unpaired) electrons. The SMILES string of the molecule is FC(F)(F)Oc1ccc(C=Cc2nc(COc3ncc(C#CCCn4ccnn4)cn3)co2)cc1. The van der Waals surface area contributed by atoms with Crippen LogP contribution in [0, 0.1) is 11.8 Å². The molecule has 12 heteroatoms. The van der Waals surface area contributed by atoms with Crippen molar-refractivity contribution in [2.45, 2.75) is 25.9 Å². The molecule has 0 aliphatic rings. The fourth-order valence-electron chi connectivity index (χ4n) is 2.69. The highest BCUT2D eigenvalue weighted by molar-refractivity contribution is 5.66. The van der Waals surface area contributed by atoms with Crippen molar-refractivity contribution < 1.29 is 27.1 Å². The van der Waals surface area contributed by atoms with Gasteiger partial charge in [0.25, 0.3) is 0 Å². The van der Waals surface area contributed by atoms with Gasteiger partial charge in [-0.2, -0.15) is 0 Å². The van der Waals surface area contributed by atoms with Crippen molar-refractivity contribution >= 4 is 12.2 Å². The summed E-state index contributed by atoms with van der Waals surface area (Å²) in [6, 6.07) is 5.56. The number of ether oxygens (including phenoxy) is 2. The standard InChI is InChI=1S/C23H17F3N6O3/c24-23(25,26)35-20-7-4-17(5-8-20)6-9-21-30-19(15-33-21)16-34-22-27-13-18(14-28-22)3-1-2-11-32-12-10-29-31-32/h4-10,12-15H,2,11,16H2. The third kappa shape index (κ3) is 7.71. The second kappa shape index (κ2) is 11.0. The molecule has 0 fully saturated rings. The molecule has 1 aromatic carbocycles. The molecule has 0 saturated carbocycles. The molecule has 4 rings (SSSR count). The molecule has 3 heterocycles. The zero-order valence-electron chi connectivity index (χ0n) is 18.0. The van der Waals surface area contributed by atoms with Gasteiger partial charge in [0, 0.05) is 31.1 Å². The average Bonchev–Trinajstić information content (AvgIpc) is 3.52. The minimum atomic E-state index is -4.73. The van der Waals surface area contributed by atoms with Crippen molar-refractivity contribution in [1.82, 2.24) is 29.9 Å². The number of aromatic nitrogens is 6. The zero-order chi connectivity index (χ0) is 24.5. The largest absolute Gasteiger partial charge is 0.573 e. The van der Waals surface area contributed by atoms with Gasteiger partial charge in [-0.3, -0.25) is 4.68 Å². The predicted molar refractivity (Wildman–Crippen MR) is 116 cm³/mol. The number of oxazole rings is 1. The number of rotatable bonds is 8. The fraction of sp³-hybridized carbons (Fsp3) is 0.174. The van der Waals surface area contributed by atoms with Crippen LogP contribution in [0.5, 0.6) is 11.8 Å². The Morgan fingerprint density at radius 2 is 1.89 bits per heavy atom. The van der Waals surface area contributed by atoms with Crippen LogP contribution in [0.15, 0.2) is 59.7 Å². The first kappa shape index (κ1) is 23.5. The lowest BCUT2D eigenvalue weighted by atomic mass is 10.2. The molecule has 35 heavy (non-hydrogen) atoms. The van der Waals surface area contributed by atoms with Crippen molar-refractivity contribution in [1.29, 1.82) is 0 Å². The van der Waals surface area contributed by atoms with Gasteiger partial charge < -0.3 is 13.9 Å². The molecule has 3 aromatic heterocycles. The van der Waals surface area contributed by atoms with Gasteiger partial charge in [-0.15, -0.1) is 18.3 Å². The highest BCUT2D eigenvalue weighted by atomic mass is 19.4. The molecule has 0 saturated heterocycles. The van der Waals surface area contributed by atoms with Gasteiger partial charge in [-0.05, 0) is 23.8 Å². The van der Waals surface area contributed by atoms with Gasteiger partial charge in [0.05, 0.1) is 18.3 Å². The number of alkyl halides is 3. The van der Waals surface area contributed by atoms with Gasteiger partial charge in [-0.25, -0.2) is 15.0 Å². The number of nitrogens with zero attached hydrogens (tertiary/aromatic N) is 6. The number of halogens is 3. The van der Waals surface area contributed by atoms with E-state index in [2.05, 4.69) is 41.8 Å². The molecule has 9 nitrogen and oxygen atoms in total. The third-order valence-corrected chi connectivity index (χ3v) is 4.25. The second-order valence-electron chi connectivity index (χ2n) is 6.89. The van der Waals surface area contributed by atoms with Gasteiger partial charge in [0.1, 0.15) is 24.3 Å².